The second-order valence-corrected chi connectivity index (χ2v) is 4.04. The van der Waals surface area contributed by atoms with Gasteiger partial charge in [-0.2, -0.15) is 0 Å². The van der Waals surface area contributed by atoms with Crippen LogP contribution in [-0.4, -0.2) is 38.6 Å². The molecular formula is C13H18N2O2. The molecule has 0 atom stereocenters. The Labute approximate surface area is 102 Å². The molecule has 0 unspecified atom stereocenters. The number of benzene rings is 1. The van der Waals surface area contributed by atoms with E-state index in [1.54, 1.807) is 0 Å². The molecule has 4 heteroatoms. The molecule has 0 bridgehead atoms. The molecule has 0 aromatic heterocycles. The van der Waals surface area contributed by atoms with E-state index >= 15 is 0 Å². The average molecular weight is 234 g/mol. The number of anilines is 1. The fourth-order valence-electron chi connectivity index (χ4n) is 1.99. The Morgan fingerprint density at radius 2 is 2.24 bits per heavy atom. The molecule has 0 radical (unpaired) electrons. The molecule has 1 aliphatic heterocycles. The summed E-state index contributed by atoms with van der Waals surface area (Å²) in [5.41, 5.74) is 1.01. The Hall–Kier alpha value is -1.55. The van der Waals surface area contributed by atoms with Gasteiger partial charge in [0.15, 0.2) is 5.78 Å². The van der Waals surface area contributed by atoms with E-state index in [-0.39, 0.29) is 5.78 Å². The molecular weight excluding hydrogens is 216 g/mol. The van der Waals surface area contributed by atoms with Crippen LogP contribution < -0.4 is 15.0 Å². The van der Waals surface area contributed by atoms with Gasteiger partial charge in [-0.25, -0.2) is 0 Å². The van der Waals surface area contributed by atoms with E-state index in [1.165, 1.54) is 0 Å². The highest BCUT2D eigenvalue weighted by Crippen LogP contribution is 2.27. The molecule has 1 fully saturated rings. The number of ether oxygens (including phenoxy) is 1. The first kappa shape index (κ1) is 11.9. The number of rotatable bonds is 3. The Kier molecular flexibility index (Phi) is 3.98. The maximum Gasteiger partial charge on any atom is 0.165 e. The minimum atomic E-state index is 0.216. The summed E-state index contributed by atoms with van der Waals surface area (Å²) >= 11 is 0. The Bertz CT molecular complexity index is 393. The summed E-state index contributed by atoms with van der Waals surface area (Å²) in [4.78, 5) is 13.7. The number of para-hydroxylation sites is 2. The molecule has 4 nitrogen and oxygen atoms in total. The van der Waals surface area contributed by atoms with Crippen LogP contribution in [0.3, 0.4) is 0 Å². The van der Waals surface area contributed by atoms with Crippen molar-refractivity contribution >= 4 is 11.5 Å². The van der Waals surface area contributed by atoms with E-state index < -0.39 is 0 Å². The molecule has 1 saturated heterocycles. The van der Waals surface area contributed by atoms with Crippen molar-refractivity contribution in [3.63, 3.8) is 0 Å². The zero-order chi connectivity index (χ0) is 12.1. The van der Waals surface area contributed by atoms with Crippen molar-refractivity contribution in [3.05, 3.63) is 24.3 Å². The van der Waals surface area contributed by atoms with Crippen LogP contribution in [0.4, 0.5) is 5.69 Å². The fourth-order valence-corrected chi connectivity index (χ4v) is 1.99. The predicted molar refractivity (Wildman–Crippen MR) is 67.7 cm³/mol. The maximum absolute atomic E-state index is 11.6. The van der Waals surface area contributed by atoms with Crippen LogP contribution in [-0.2, 0) is 4.79 Å². The van der Waals surface area contributed by atoms with Gasteiger partial charge in [-0.15, -0.1) is 0 Å². The largest absolute Gasteiger partial charge is 0.492 e. The predicted octanol–water partition coefficient (Wildman–Crippen LogP) is 1.06. The minimum absolute atomic E-state index is 0.216. The zero-order valence-electron chi connectivity index (χ0n) is 10.1. The average Bonchev–Trinajstić information content (AvgIpc) is 2.55. The Balaban J connectivity index is 2.22. The lowest BCUT2D eigenvalue weighted by Crippen LogP contribution is -2.30. The van der Waals surface area contributed by atoms with Gasteiger partial charge in [-0.05, 0) is 19.1 Å². The molecule has 1 aliphatic rings. The summed E-state index contributed by atoms with van der Waals surface area (Å²) in [6, 6.07) is 7.87. The van der Waals surface area contributed by atoms with E-state index in [0.29, 0.717) is 19.7 Å². The highest BCUT2D eigenvalue weighted by molar-refractivity contribution is 5.86. The van der Waals surface area contributed by atoms with Crippen molar-refractivity contribution in [1.29, 1.82) is 0 Å². The number of nitrogens with zero attached hydrogens (tertiary/aromatic N) is 1. The first-order valence-electron chi connectivity index (χ1n) is 6.00. The van der Waals surface area contributed by atoms with Crippen LogP contribution in [0.15, 0.2) is 24.3 Å². The number of hydrogen-bond acceptors (Lipinski definition) is 4. The van der Waals surface area contributed by atoms with Gasteiger partial charge in [-0.3, -0.25) is 4.79 Å². The second kappa shape index (κ2) is 5.68. The van der Waals surface area contributed by atoms with Gasteiger partial charge < -0.3 is 15.0 Å². The van der Waals surface area contributed by atoms with Gasteiger partial charge >= 0.3 is 0 Å². The van der Waals surface area contributed by atoms with Gasteiger partial charge in [0.1, 0.15) is 5.75 Å². The number of carbonyl (C=O) groups is 1. The van der Waals surface area contributed by atoms with Crippen molar-refractivity contribution in [2.45, 2.75) is 6.92 Å². The topological polar surface area (TPSA) is 41.6 Å². The van der Waals surface area contributed by atoms with Crippen LogP contribution in [0.25, 0.3) is 0 Å². The lowest BCUT2D eigenvalue weighted by atomic mass is 10.2. The third-order valence-corrected chi connectivity index (χ3v) is 2.75. The van der Waals surface area contributed by atoms with Gasteiger partial charge in [0, 0.05) is 13.1 Å². The van der Waals surface area contributed by atoms with Crippen molar-refractivity contribution in [2.75, 3.05) is 37.7 Å². The van der Waals surface area contributed by atoms with Crippen molar-refractivity contribution in [1.82, 2.24) is 5.32 Å². The first-order valence-corrected chi connectivity index (χ1v) is 6.00. The second-order valence-electron chi connectivity index (χ2n) is 4.04. The van der Waals surface area contributed by atoms with Crippen LogP contribution in [0.1, 0.15) is 6.92 Å². The third kappa shape index (κ3) is 2.97. The van der Waals surface area contributed by atoms with Crippen LogP contribution in [0, 0.1) is 0 Å². The summed E-state index contributed by atoms with van der Waals surface area (Å²) in [5, 5.41) is 3.12. The lowest BCUT2D eigenvalue weighted by Gasteiger charge is -2.23. The maximum atomic E-state index is 11.6. The number of carbonyl (C=O) groups excluding carboxylic acids is 1. The van der Waals surface area contributed by atoms with Gasteiger partial charge in [0.25, 0.3) is 0 Å². The van der Waals surface area contributed by atoms with Crippen LogP contribution >= 0.6 is 0 Å². The van der Waals surface area contributed by atoms with Crippen molar-refractivity contribution in [2.24, 2.45) is 0 Å². The molecule has 1 aromatic rings. The van der Waals surface area contributed by atoms with Crippen LogP contribution in [0.5, 0.6) is 5.75 Å². The fraction of sp³-hybridized carbons (Fsp3) is 0.462. The SMILES string of the molecule is CCOc1ccccc1N1CCNCC(=O)C1. The molecule has 1 aromatic carbocycles. The highest BCUT2D eigenvalue weighted by Gasteiger charge is 2.17. The summed E-state index contributed by atoms with van der Waals surface area (Å²) in [5.74, 6) is 1.07. The van der Waals surface area contributed by atoms with E-state index in [0.717, 1.165) is 24.5 Å². The quantitative estimate of drug-likeness (QED) is 0.849. The monoisotopic (exact) mass is 234 g/mol. The smallest absolute Gasteiger partial charge is 0.165 e. The molecule has 2 rings (SSSR count). The molecule has 0 saturated carbocycles. The van der Waals surface area contributed by atoms with E-state index in [2.05, 4.69) is 10.2 Å². The number of nitrogens with one attached hydrogen (secondary N) is 1. The summed E-state index contributed by atoms with van der Waals surface area (Å²) in [6.07, 6.45) is 0. The zero-order valence-corrected chi connectivity index (χ0v) is 10.1. The minimum Gasteiger partial charge on any atom is -0.492 e. The molecule has 17 heavy (non-hydrogen) atoms. The van der Waals surface area contributed by atoms with E-state index in [1.807, 2.05) is 31.2 Å². The molecule has 0 aliphatic carbocycles. The number of ketones is 1. The summed E-state index contributed by atoms with van der Waals surface area (Å²) in [7, 11) is 0. The normalized spacial score (nSPS) is 16.8. The third-order valence-electron chi connectivity index (χ3n) is 2.75. The van der Waals surface area contributed by atoms with E-state index in [9.17, 15) is 4.79 Å². The molecule has 1 N–H and O–H groups in total. The van der Waals surface area contributed by atoms with Gasteiger partial charge in [0.2, 0.25) is 0 Å². The summed E-state index contributed by atoms with van der Waals surface area (Å²) < 4.78 is 5.59. The first-order chi connectivity index (χ1) is 8.31. The Morgan fingerprint density at radius 1 is 1.41 bits per heavy atom. The number of Topliss-reactive ketones (excluding diaryl/α,β-unsaturated/α-hetero) is 1. The van der Waals surface area contributed by atoms with Crippen molar-refractivity contribution in [3.8, 4) is 5.75 Å². The molecule has 1 heterocycles. The van der Waals surface area contributed by atoms with Gasteiger partial charge in [-0.1, -0.05) is 12.1 Å². The van der Waals surface area contributed by atoms with E-state index in [4.69, 9.17) is 4.74 Å². The highest BCUT2D eigenvalue weighted by atomic mass is 16.5. The molecule has 92 valence electrons. The standard InChI is InChI=1S/C13H18N2O2/c1-2-17-13-6-4-3-5-12(13)15-8-7-14-9-11(16)10-15/h3-6,14H,2,7-10H2,1H3. The molecule has 0 amide bonds. The van der Waals surface area contributed by atoms with Gasteiger partial charge in [0.05, 0.1) is 25.4 Å². The number of hydrogen-bond donors (Lipinski definition) is 1. The summed E-state index contributed by atoms with van der Waals surface area (Å²) in [6.45, 7) is 5.18. The Morgan fingerprint density at radius 3 is 3.06 bits per heavy atom. The van der Waals surface area contributed by atoms with Crippen LogP contribution in [0.2, 0.25) is 0 Å². The molecule has 0 spiro atoms. The lowest BCUT2D eigenvalue weighted by molar-refractivity contribution is -0.116. The van der Waals surface area contributed by atoms with Crippen molar-refractivity contribution < 1.29 is 9.53 Å².